The van der Waals surface area contributed by atoms with Gasteiger partial charge in [0.1, 0.15) is 5.82 Å². The van der Waals surface area contributed by atoms with Crippen LogP contribution >= 0.6 is 0 Å². The lowest BCUT2D eigenvalue weighted by Gasteiger charge is -2.31. The molecule has 0 saturated carbocycles. The maximum Gasteiger partial charge on any atom is 0.191 e. The van der Waals surface area contributed by atoms with Gasteiger partial charge < -0.3 is 20.3 Å². The van der Waals surface area contributed by atoms with Gasteiger partial charge in [-0.15, -0.1) is 0 Å². The molecule has 1 atom stereocenters. The first-order valence-electron chi connectivity index (χ1n) is 6.86. The number of hydrogen-bond acceptors (Lipinski definition) is 4. The minimum Gasteiger partial charge on any atom is -0.375 e. The first-order chi connectivity index (χ1) is 9.56. The molecule has 1 aliphatic heterocycles. The minimum atomic E-state index is 0.202. The van der Waals surface area contributed by atoms with E-state index in [0.29, 0.717) is 19.1 Å². The van der Waals surface area contributed by atoms with Crippen molar-refractivity contribution in [3.8, 4) is 0 Å². The quantitative estimate of drug-likeness (QED) is 0.650. The second-order valence-electron chi connectivity index (χ2n) is 5.18. The Morgan fingerprint density at radius 3 is 3.05 bits per heavy atom. The molecule has 1 aromatic heterocycles. The van der Waals surface area contributed by atoms with Gasteiger partial charge in [0.2, 0.25) is 0 Å². The van der Waals surface area contributed by atoms with Crippen molar-refractivity contribution in [1.29, 1.82) is 0 Å². The number of nitrogens with zero attached hydrogens (tertiary/aromatic N) is 4. The molecule has 1 unspecified atom stereocenters. The maximum absolute atomic E-state index is 6.04. The first kappa shape index (κ1) is 14.6. The summed E-state index contributed by atoms with van der Waals surface area (Å²) in [5.74, 6) is 1.49. The number of ether oxygens (including phenoxy) is 1. The third kappa shape index (κ3) is 3.84. The van der Waals surface area contributed by atoms with Crippen LogP contribution in [0, 0.1) is 0 Å². The predicted octanol–water partition coefficient (Wildman–Crippen LogP) is 0.683. The highest BCUT2D eigenvalue weighted by Gasteiger charge is 2.17. The Labute approximate surface area is 120 Å². The van der Waals surface area contributed by atoms with E-state index in [9.17, 15) is 0 Å². The van der Waals surface area contributed by atoms with Gasteiger partial charge in [0.25, 0.3) is 0 Å². The number of pyridine rings is 1. The van der Waals surface area contributed by atoms with E-state index >= 15 is 0 Å². The largest absolute Gasteiger partial charge is 0.375 e. The smallest absolute Gasteiger partial charge is 0.191 e. The Bertz CT molecular complexity index is 474. The van der Waals surface area contributed by atoms with E-state index in [2.05, 4.69) is 14.9 Å². The standard InChI is InChI=1S/C14H23N5O/c1-11-10-19(7-8-20-11)14(15)16-9-12-5-4-6-13(17-12)18(2)3/h4-6,11H,7-10H2,1-3H3,(H2,15,16). The monoisotopic (exact) mass is 277 g/mol. The highest BCUT2D eigenvalue weighted by Crippen LogP contribution is 2.09. The molecule has 2 N–H and O–H groups in total. The van der Waals surface area contributed by atoms with Gasteiger partial charge in [0.15, 0.2) is 5.96 Å². The molecule has 0 spiro atoms. The Morgan fingerprint density at radius 1 is 1.55 bits per heavy atom. The second-order valence-corrected chi connectivity index (χ2v) is 5.18. The summed E-state index contributed by atoms with van der Waals surface area (Å²) >= 11 is 0. The molecule has 0 amide bonds. The van der Waals surface area contributed by atoms with E-state index in [-0.39, 0.29) is 6.10 Å². The molecule has 110 valence electrons. The number of guanidine groups is 1. The summed E-state index contributed by atoms with van der Waals surface area (Å²) in [5.41, 5.74) is 6.96. The van der Waals surface area contributed by atoms with Crippen molar-refractivity contribution < 1.29 is 4.74 Å². The van der Waals surface area contributed by atoms with E-state index in [0.717, 1.165) is 24.6 Å². The lowest BCUT2D eigenvalue weighted by molar-refractivity contribution is 0.00528. The zero-order valence-electron chi connectivity index (χ0n) is 12.4. The number of hydrogen-bond donors (Lipinski definition) is 1. The molecule has 20 heavy (non-hydrogen) atoms. The Kier molecular flexibility index (Phi) is 4.79. The average Bonchev–Trinajstić information content (AvgIpc) is 2.45. The number of morpholine rings is 1. The molecule has 6 nitrogen and oxygen atoms in total. The van der Waals surface area contributed by atoms with Crippen molar-refractivity contribution in [2.45, 2.75) is 19.6 Å². The minimum absolute atomic E-state index is 0.202. The van der Waals surface area contributed by atoms with E-state index in [4.69, 9.17) is 10.5 Å². The van der Waals surface area contributed by atoms with Gasteiger partial charge in [-0.25, -0.2) is 9.98 Å². The van der Waals surface area contributed by atoms with Crippen molar-refractivity contribution in [3.05, 3.63) is 23.9 Å². The van der Waals surface area contributed by atoms with Crippen LogP contribution in [-0.2, 0) is 11.3 Å². The van der Waals surface area contributed by atoms with Gasteiger partial charge in [-0.05, 0) is 19.1 Å². The highest BCUT2D eigenvalue weighted by atomic mass is 16.5. The Balaban J connectivity index is 1.99. The van der Waals surface area contributed by atoms with E-state index < -0.39 is 0 Å². The molecule has 6 heteroatoms. The van der Waals surface area contributed by atoms with Crippen LogP contribution in [0.5, 0.6) is 0 Å². The number of rotatable bonds is 3. The van der Waals surface area contributed by atoms with Gasteiger partial charge in [0.05, 0.1) is 24.9 Å². The fourth-order valence-electron chi connectivity index (χ4n) is 2.09. The predicted molar refractivity (Wildman–Crippen MR) is 80.9 cm³/mol. The second kappa shape index (κ2) is 6.56. The molecule has 2 heterocycles. The van der Waals surface area contributed by atoms with Crippen molar-refractivity contribution in [1.82, 2.24) is 9.88 Å². The number of aliphatic imine (C=N–C) groups is 1. The zero-order valence-corrected chi connectivity index (χ0v) is 12.4. The van der Waals surface area contributed by atoms with E-state index in [1.54, 1.807) is 0 Å². The van der Waals surface area contributed by atoms with Crippen molar-refractivity contribution in [3.63, 3.8) is 0 Å². The Hall–Kier alpha value is -1.82. The summed E-state index contributed by atoms with van der Waals surface area (Å²) in [6.45, 7) is 4.83. The van der Waals surface area contributed by atoms with E-state index in [1.807, 2.05) is 44.1 Å². The molecule has 0 radical (unpaired) electrons. The summed E-state index contributed by atoms with van der Waals surface area (Å²) in [7, 11) is 3.94. The number of aromatic nitrogens is 1. The van der Waals surface area contributed by atoms with Crippen LogP contribution in [0.25, 0.3) is 0 Å². The number of anilines is 1. The molecule has 0 bridgehead atoms. The maximum atomic E-state index is 6.04. The first-order valence-corrected chi connectivity index (χ1v) is 6.86. The van der Waals surface area contributed by atoms with Crippen molar-refractivity contribution >= 4 is 11.8 Å². The molecule has 1 saturated heterocycles. The van der Waals surface area contributed by atoms with Crippen LogP contribution in [0.1, 0.15) is 12.6 Å². The van der Waals surface area contributed by atoms with Crippen LogP contribution in [0.4, 0.5) is 5.82 Å². The molecule has 1 aliphatic rings. The fourth-order valence-corrected chi connectivity index (χ4v) is 2.09. The summed E-state index contributed by atoms with van der Waals surface area (Å²) in [4.78, 5) is 13.0. The molecule has 0 aliphatic carbocycles. The van der Waals surface area contributed by atoms with Gasteiger partial charge >= 0.3 is 0 Å². The lowest BCUT2D eigenvalue weighted by Crippen LogP contribution is -2.47. The molecular weight excluding hydrogens is 254 g/mol. The SMILES string of the molecule is CC1CN(C(N)=NCc2cccc(N(C)C)n2)CCO1. The van der Waals surface area contributed by atoms with Gasteiger partial charge in [-0.2, -0.15) is 0 Å². The van der Waals surface area contributed by atoms with Crippen LogP contribution < -0.4 is 10.6 Å². The highest BCUT2D eigenvalue weighted by molar-refractivity contribution is 5.78. The summed E-state index contributed by atoms with van der Waals surface area (Å²) < 4.78 is 5.49. The van der Waals surface area contributed by atoms with Crippen molar-refractivity contribution in [2.24, 2.45) is 10.7 Å². The Morgan fingerprint density at radius 2 is 2.35 bits per heavy atom. The molecular formula is C14H23N5O. The van der Waals surface area contributed by atoms with Crippen LogP contribution in [0.15, 0.2) is 23.2 Å². The third-order valence-electron chi connectivity index (χ3n) is 3.22. The third-order valence-corrected chi connectivity index (χ3v) is 3.22. The van der Waals surface area contributed by atoms with Gasteiger partial charge in [-0.3, -0.25) is 0 Å². The van der Waals surface area contributed by atoms with E-state index in [1.165, 1.54) is 0 Å². The normalized spacial score (nSPS) is 20.1. The zero-order chi connectivity index (χ0) is 14.5. The van der Waals surface area contributed by atoms with Crippen LogP contribution in [0.3, 0.4) is 0 Å². The summed E-state index contributed by atoms with van der Waals surface area (Å²) in [5, 5.41) is 0. The summed E-state index contributed by atoms with van der Waals surface area (Å²) in [6.07, 6.45) is 0.202. The molecule has 1 fully saturated rings. The van der Waals surface area contributed by atoms with Crippen LogP contribution in [0.2, 0.25) is 0 Å². The molecule has 2 rings (SSSR count). The summed E-state index contributed by atoms with van der Waals surface area (Å²) in [6, 6.07) is 5.92. The van der Waals surface area contributed by atoms with Gasteiger partial charge in [-0.1, -0.05) is 6.07 Å². The number of nitrogens with two attached hydrogens (primary N) is 1. The van der Waals surface area contributed by atoms with Gasteiger partial charge in [0, 0.05) is 27.2 Å². The lowest BCUT2D eigenvalue weighted by atomic mass is 10.3. The fraction of sp³-hybridized carbons (Fsp3) is 0.571. The molecule has 0 aromatic carbocycles. The molecule has 1 aromatic rings. The van der Waals surface area contributed by atoms with Crippen molar-refractivity contribution in [2.75, 3.05) is 38.7 Å². The average molecular weight is 277 g/mol. The topological polar surface area (TPSA) is 67.0 Å². The van der Waals surface area contributed by atoms with Crippen LogP contribution in [-0.4, -0.2) is 55.7 Å².